The molecule has 1 atom stereocenters. The van der Waals surface area contributed by atoms with Gasteiger partial charge in [-0.2, -0.15) is 0 Å². The predicted octanol–water partition coefficient (Wildman–Crippen LogP) is 2.93. The largest absolute Gasteiger partial charge is 0.371 e. The van der Waals surface area contributed by atoms with Gasteiger partial charge in [0.1, 0.15) is 6.54 Å². The Morgan fingerprint density at radius 3 is 2.76 bits per heavy atom. The molecule has 1 aliphatic rings. The molecule has 4 rings (SSSR count). The SMILES string of the molecule is CCNC(=NCc1nnc2ccccn12)NCC1CCN(c2ccccc2)C1.I. The van der Waals surface area contributed by atoms with Crippen molar-refractivity contribution in [3.8, 4) is 0 Å². The van der Waals surface area contributed by atoms with E-state index in [4.69, 9.17) is 4.99 Å². The molecule has 0 bridgehead atoms. The van der Waals surface area contributed by atoms with Crippen LogP contribution in [0.1, 0.15) is 19.2 Å². The number of aliphatic imine (C=N–C) groups is 1. The fourth-order valence-electron chi connectivity index (χ4n) is 3.60. The van der Waals surface area contributed by atoms with Gasteiger partial charge in [0, 0.05) is 38.1 Å². The maximum Gasteiger partial charge on any atom is 0.191 e. The quantitative estimate of drug-likeness (QED) is 0.307. The van der Waals surface area contributed by atoms with Crippen molar-refractivity contribution in [1.29, 1.82) is 0 Å². The van der Waals surface area contributed by atoms with E-state index in [2.05, 4.69) is 63.0 Å². The Balaban J connectivity index is 0.00000240. The van der Waals surface area contributed by atoms with E-state index >= 15 is 0 Å². The van der Waals surface area contributed by atoms with Crippen LogP contribution in [0.3, 0.4) is 0 Å². The summed E-state index contributed by atoms with van der Waals surface area (Å²) in [5.41, 5.74) is 2.15. The maximum atomic E-state index is 4.70. The van der Waals surface area contributed by atoms with Gasteiger partial charge in [0.15, 0.2) is 17.4 Å². The van der Waals surface area contributed by atoms with Gasteiger partial charge in [0.05, 0.1) is 0 Å². The topological polar surface area (TPSA) is 69.8 Å². The number of benzene rings is 1. The lowest BCUT2D eigenvalue weighted by atomic mass is 10.1. The maximum absolute atomic E-state index is 4.70. The first-order chi connectivity index (χ1) is 13.8. The first-order valence-electron chi connectivity index (χ1n) is 9.94. The van der Waals surface area contributed by atoms with Gasteiger partial charge < -0.3 is 15.5 Å². The van der Waals surface area contributed by atoms with Crippen molar-refractivity contribution < 1.29 is 0 Å². The molecule has 0 spiro atoms. The van der Waals surface area contributed by atoms with Crippen LogP contribution in [0.5, 0.6) is 0 Å². The summed E-state index contributed by atoms with van der Waals surface area (Å²) in [5.74, 6) is 2.27. The number of guanidine groups is 1. The number of pyridine rings is 1. The minimum Gasteiger partial charge on any atom is -0.371 e. The van der Waals surface area contributed by atoms with Crippen molar-refractivity contribution in [3.63, 3.8) is 0 Å². The van der Waals surface area contributed by atoms with Gasteiger partial charge in [-0.1, -0.05) is 24.3 Å². The number of aromatic nitrogens is 3. The molecular weight excluding hydrogens is 477 g/mol. The third-order valence-electron chi connectivity index (χ3n) is 5.07. The van der Waals surface area contributed by atoms with E-state index < -0.39 is 0 Å². The van der Waals surface area contributed by atoms with Crippen molar-refractivity contribution in [3.05, 3.63) is 60.6 Å². The van der Waals surface area contributed by atoms with Gasteiger partial charge in [-0.15, -0.1) is 34.2 Å². The number of anilines is 1. The molecule has 29 heavy (non-hydrogen) atoms. The van der Waals surface area contributed by atoms with Gasteiger partial charge in [-0.05, 0) is 43.5 Å². The van der Waals surface area contributed by atoms with Gasteiger partial charge in [-0.25, -0.2) is 4.99 Å². The van der Waals surface area contributed by atoms with E-state index in [-0.39, 0.29) is 24.0 Å². The van der Waals surface area contributed by atoms with Gasteiger partial charge in [0.25, 0.3) is 0 Å². The van der Waals surface area contributed by atoms with Crippen molar-refractivity contribution in [2.45, 2.75) is 19.9 Å². The highest BCUT2D eigenvalue weighted by Gasteiger charge is 2.22. The number of nitrogens with zero attached hydrogens (tertiary/aromatic N) is 5. The van der Waals surface area contributed by atoms with E-state index in [1.807, 2.05) is 28.8 Å². The van der Waals surface area contributed by atoms with Crippen LogP contribution in [0.15, 0.2) is 59.7 Å². The highest BCUT2D eigenvalue weighted by Crippen LogP contribution is 2.22. The summed E-state index contributed by atoms with van der Waals surface area (Å²) >= 11 is 0. The normalized spacial score (nSPS) is 16.7. The Kier molecular flexibility index (Phi) is 7.68. The molecule has 154 valence electrons. The molecule has 2 N–H and O–H groups in total. The third-order valence-corrected chi connectivity index (χ3v) is 5.07. The number of halogens is 1. The molecule has 1 aromatic carbocycles. The van der Waals surface area contributed by atoms with Crippen LogP contribution < -0.4 is 15.5 Å². The second-order valence-electron chi connectivity index (χ2n) is 7.06. The van der Waals surface area contributed by atoms with Crippen LogP contribution in [-0.2, 0) is 6.54 Å². The molecule has 0 amide bonds. The molecule has 1 aliphatic heterocycles. The fourth-order valence-corrected chi connectivity index (χ4v) is 3.60. The van der Waals surface area contributed by atoms with Crippen LogP contribution in [0.25, 0.3) is 5.65 Å². The molecule has 1 fully saturated rings. The van der Waals surface area contributed by atoms with Crippen LogP contribution in [0.4, 0.5) is 5.69 Å². The lowest BCUT2D eigenvalue weighted by Gasteiger charge is -2.19. The lowest BCUT2D eigenvalue weighted by Crippen LogP contribution is -2.40. The summed E-state index contributed by atoms with van der Waals surface area (Å²) in [7, 11) is 0. The van der Waals surface area contributed by atoms with Gasteiger partial charge in [-0.3, -0.25) is 4.40 Å². The van der Waals surface area contributed by atoms with Crippen LogP contribution in [-0.4, -0.2) is 46.7 Å². The summed E-state index contributed by atoms with van der Waals surface area (Å²) < 4.78 is 1.97. The molecule has 0 aliphatic carbocycles. The molecular formula is C21H28IN7. The molecule has 1 saturated heterocycles. The Morgan fingerprint density at radius 2 is 1.93 bits per heavy atom. The molecule has 8 heteroatoms. The zero-order chi connectivity index (χ0) is 19.2. The summed E-state index contributed by atoms with van der Waals surface area (Å²) in [6, 6.07) is 16.5. The predicted molar refractivity (Wildman–Crippen MR) is 128 cm³/mol. The lowest BCUT2D eigenvalue weighted by molar-refractivity contribution is 0.565. The fraction of sp³-hybridized carbons (Fsp3) is 0.381. The van der Waals surface area contributed by atoms with Crippen molar-refractivity contribution in [1.82, 2.24) is 25.2 Å². The van der Waals surface area contributed by atoms with Crippen LogP contribution >= 0.6 is 24.0 Å². The number of fused-ring (bicyclic) bond motifs is 1. The van der Waals surface area contributed by atoms with Gasteiger partial charge >= 0.3 is 0 Å². The Hall–Kier alpha value is -2.36. The first-order valence-corrected chi connectivity index (χ1v) is 9.94. The highest BCUT2D eigenvalue weighted by atomic mass is 127. The van der Waals surface area contributed by atoms with E-state index in [1.165, 1.54) is 12.1 Å². The molecule has 0 saturated carbocycles. The second-order valence-corrected chi connectivity index (χ2v) is 7.06. The summed E-state index contributed by atoms with van der Waals surface area (Å²) in [6.45, 7) is 6.49. The Labute approximate surface area is 188 Å². The van der Waals surface area contributed by atoms with Gasteiger partial charge in [0.2, 0.25) is 0 Å². The zero-order valence-corrected chi connectivity index (χ0v) is 19.0. The molecule has 2 aromatic heterocycles. The Morgan fingerprint density at radius 1 is 1.10 bits per heavy atom. The number of nitrogens with one attached hydrogen (secondary N) is 2. The average Bonchev–Trinajstić information content (AvgIpc) is 3.38. The summed E-state index contributed by atoms with van der Waals surface area (Å²) in [6.07, 6.45) is 3.16. The molecule has 0 radical (unpaired) electrons. The smallest absolute Gasteiger partial charge is 0.191 e. The monoisotopic (exact) mass is 505 g/mol. The minimum absolute atomic E-state index is 0. The first kappa shape index (κ1) is 21.4. The van der Waals surface area contributed by atoms with E-state index in [0.29, 0.717) is 12.5 Å². The number of hydrogen-bond acceptors (Lipinski definition) is 4. The van der Waals surface area contributed by atoms with E-state index in [1.54, 1.807) is 0 Å². The van der Waals surface area contributed by atoms with Crippen molar-refractivity contribution >= 4 is 41.3 Å². The van der Waals surface area contributed by atoms with Crippen LogP contribution in [0.2, 0.25) is 0 Å². The third kappa shape index (κ3) is 5.37. The second kappa shape index (κ2) is 10.4. The van der Waals surface area contributed by atoms with E-state index in [9.17, 15) is 0 Å². The standard InChI is InChI=1S/C21H27N7.HI/c1-2-22-21(24-15-20-26-25-19-10-6-7-12-28(19)20)23-14-17-11-13-27(16-17)18-8-4-3-5-9-18;/h3-10,12,17H,2,11,13-16H2,1H3,(H2,22,23,24);1H. The van der Waals surface area contributed by atoms with Crippen LogP contribution in [0, 0.1) is 5.92 Å². The average molecular weight is 505 g/mol. The number of hydrogen-bond donors (Lipinski definition) is 2. The molecule has 1 unspecified atom stereocenters. The molecule has 7 nitrogen and oxygen atoms in total. The van der Waals surface area contributed by atoms with Crippen molar-refractivity contribution in [2.24, 2.45) is 10.9 Å². The number of rotatable bonds is 6. The highest BCUT2D eigenvalue weighted by molar-refractivity contribution is 14.0. The minimum atomic E-state index is 0. The summed E-state index contributed by atoms with van der Waals surface area (Å²) in [4.78, 5) is 7.16. The number of para-hydroxylation sites is 1. The molecule has 3 aromatic rings. The molecule has 3 heterocycles. The zero-order valence-electron chi connectivity index (χ0n) is 16.7. The Bertz CT molecular complexity index is 925. The summed E-state index contributed by atoms with van der Waals surface area (Å²) in [5, 5.41) is 15.3. The van der Waals surface area contributed by atoms with E-state index in [0.717, 1.165) is 43.6 Å². The van der Waals surface area contributed by atoms with Crippen molar-refractivity contribution in [2.75, 3.05) is 31.1 Å².